The standard InChI is InChI=1S/C13H19N3O2/c1-2-3-4-5-6-12(17)16-13(18)10-7-8-11(14)15-9-10/h7-9H,2-6H2,1H3,(H2,14,15)(H,16,17,18). The predicted molar refractivity (Wildman–Crippen MR) is 69.9 cm³/mol. The first-order valence-electron chi connectivity index (χ1n) is 6.19. The van der Waals surface area contributed by atoms with E-state index in [0.29, 0.717) is 17.8 Å². The van der Waals surface area contributed by atoms with Gasteiger partial charge in [-0.1, -0.05) is 26.2 Å². The molecule has 5 nitrogen and oxygen atoms in total. The van der Waals surface area contributed by atoms with Crippen LogP contribution in [-0.2, 0) is 4.79 Å². The highest BCUT2D eigenvalue weighted by Crippen LogP contribution is 2.04. The van der Waals surface area contributed by atoms with Crippen molar-refractivity contribution >= 4 is 17.6 Å². The van der Waals surface area contributed by atoms with E-state index >= 15 is 0 Å². The van der Waals surface area contributed by atoms with Crippen LogP contribution in [0.4, 0.5) is 5.82 Å². The number of carbonyl (C=O) groups is 2. The quantitative estimate of drug-likeness (QED) is 0.754. The summed E-state index contributed by atoms with van der Waals surface area (Å²) in [5, 5.41) is 2.33. The Labute approximate surface area is 107 Å². The van der Waals surface area contributed by atoms with Gasteiger partial charge >= 0.3 is 0 Å². The van der Waals surface area contributed by atoms with Crippen molar-refractivity contribution in [3.63, 3.8) is 0 Å². The topological polar surface area (TPSA) is 85.1 Å². The van der Waals surface area contributed by atoms with E-state index in [4.69, 9.17) is 5.73 Å². The van der Waals surface area contributed by atoms with Crippen molar-refractivity contribution in [2.24, 2.45) is 0 Å². The van der Waals surface area contributed by atoms with E-state index in [1.54, 1.807) is 6.07 Å². The van der Waals surface area contributed by atoms with Crippen molar-refractivity contribution < 1.29 is 9.59 Å². The molecule has 0 radical (unpaired) electrons. The third-order valence-corrected chi connectivity index (χ3v) is 2.56. The first kappa shape index (κ1) is 14.2. The van der Waals surface area contributed by atoms with Crippen LogP contribution in [0, 0.1) is 0 Å². The summed E-state index contributed by atoms with van der Waals surface area (Å²) in [7, 11) is 0. The molecule has 0 saturated carbocycles. The number of nitrogens with two attached hydrogens (primary N) is 1. The fourth-order valence-corrected chi connectivity index (χ4v) is 1.51. The van der Waals surface area contributed by atoms with E-state index < -0.39 is 5.91 Å². The number of hydrogen-bond acceptors (Lipinski definition) is 4. The molecule has 0 bridgehead atoms. The third kappa shape index (κ3) is 4.95. The Balaban J connectivity index is 2.35. The summed E-state index contributed by atoms with van der Waals surface area (Å²) >= 11 is 0. The molecule has 1 rings (SSSR count). The van der Waals surface area contributed by atoms with Gasteiger partial charge < -0.3 is 5.73 Å². The van der Waals surface area contributed by atoms with E-state index in [1.807, 2.05) is 0 Å². The van der Waals surface area contributed by atoms with Crippen LogP contribution in [-0.4, -0.2) is 16.8 Å². The van der Waals surface area contributed by atoms with Crippen molar-refractivity contribution in [2.75, 3.05) is 5.73 Å². The normalized spacial score (nSPS) is 10.1. The summed E-state index contributed by atoms with van der Waals surface area (Å²) in [6.45, 7) is 2.11. The molecule has 0 saturated heterocycles. The average Bonchev–Trinajstić information content (AvgIpc) is 2.35. The molecular weight excluding hydrogens is 230 g/mol. The van der Waals surface area contributed by atoms with Gasteiger partial charge in [-0.05, 0) is 18.6 Å². The van der Waals surface area contributed by atoms with Gasteiger partial charge in [-0.2, -0.15) is 0 Å². The fourth-order valence-electron chi connectivity index (χ4n) is 1.51. The number of rotatable bonds is 6. The molecule has 0 spiro atoms. The van der Waals surface area contributed by atoms with Gasteiger partial charge in [-0.15, -0.1) is 0 Å². The molecule has 0 aliphatic carbocycles. The number of carbonyl (C=O) groups excluding carboxylic acids is 2. The molecule has 0 aliphatic heterocycles. The van der Waals surface area contributed by atoms with Crippen LogP contribution in [0.5, 0.6) is 0 Å². The monoisotopic (exact) mass is 249 g/mol. The molecule has 98 valence electrons. The molecule has 0 aliphatic rings. The molecular formula is C13H19N3O2. The van der Waals surface area contributed by atoms with Crippen LogP contribution in [0.15, 0.2) is 18.3 Å². The van der Waals surface area contributed by atoms with Crippen molar-refractivity contribution in [2.45, 2.75) is 39.0 Å². The molecule has 3 N–H and O–H groups in total. The van der Waals surface area contributed by atoms with Crippen molar-refractivity contribution in [3.05, 3.63) is 23.9 Å². The van der Waals surface area contributed by atoms with E-state index in [1.165, 1.54) is 12.3 Å². The highest BCUT2D eigenvalue weighted by Gasteiger charge is 2.10. The molecule has 18 heavy (non-hydrogen) atoms. The van der Waals surface area contributed by atoms with E-state index in [2.05, 4.69) is 17.2 Å². The Morgan fingerprint density at radius 2 is 2.06 bits per heavy atom. The molecule has 0 fully saturated rings. The predicted octanol–water partition coefficient (Wildman–Crippen LogP) is 1.89. The van der Waals surface area contributed by atoms with Gasteiger partial charge in [0.15, 0.2) is 0 Å². The summed E-state index contributed by atoms with van der Waals surface area (Å²) in [4.78, 5) is 26.9. The molecule has 0 unspecified atom stereocenters. The first-order chi connectivity index (χ1) is 8.63. The Morgan fingerprint density at radius 1 is 1.28 bits per heavy atom. The molecule has 1 heterocycles. The second-order valence-electron chi connectivity index (χ2n) is 4.16. The number of amides is 2. The highest BCUT2D eigenvalue weighted by atomic mass is 16.2. The lowest BCUT2D eigenvalue weighted by molar-refractivity contribution is -0.120. The number of hydrogen-bond donors (Lipinski definition) is 2. The Kier molecular flexibility index (Phi) is 5.84. The smallest absolute Gasteiger partial charge is 0.259 e. The Bertz CT molecular complexity index is 401. The lowest BCUT2D eigenvalue weighted by Crippen LogP contribution is -2.30. The number of imide groups is 1. The zero-order valence-electron chi connectivity index (χ0n) is 10.6. The molecule has 0 atom stereocenters. The summed E-state index contributed by atoms with van der Waals surface area (Å²) in [6, 6.07) is 3.07. The average molecular weight is 249 g/mol. The van der Waals surface area contributed by atoms with Gasteiger partial charge in [0.05, 0.1) is 5.56 Å². The van der Waals surface area contributed by atoms with Crippen LogP contribution >= 0.6 is 0 Å². The van der Waals surface area contributed by atoms with Gasteiger partial charge in [0, 0.05) is 12.6 Å². The summed E-state index contributed by atoms with van der Waals surface area (Å²) < 4.78 is 0. The van der Waals surface area contributed by atoms with Gasteiger partial charge in [-0.25, -0.2) is 4.98 Å². The Morgan fingerprint density at radius 3 is 2.67 bits per heavy atom. The molecule has 5 heteroatoms. The van der Waals surface area contributed by atoms with Gasteiger partial charge in [0.1, 0.15) is 5.82 Å². The zero-order chi connectivity index (χ0) is 13.4. The number of nitrogens with one attached hydrogen (secondary N) is 1. The maximum absolute atomic E-state index is 11.6. The molecule has 2 amide bonds. The minimum Gasteiger partial charge on any atom is -0.384 e. The number of nitrogens with zero attached hydrogens (tertiary/aromatic N) is 1. The number of unbranched alkanes of at least 4 members (excludes halogenated alkanes) is 3. The second kappa shape index (κ2) is 7.42. The van der Waals surface area contributed by atoms with E-state index in [-0.39, 0.29) is 5.91 Å². The number of aromatic nitrogens is 1. The van der Waals surface area contributed by atoms with Crippen molar-refractivity contribution in [3.8, 4) is 0 Å². The fraction of sp³-hybridized carbons (Fsp3) is 0.462. The van der Waals surface area contributed by atoms with Crippen molar-refractivity contribution in [1.82, 2.24) is 10.3 Å². The van der Waals surface area contributed by atoms with Crippen LogP contribution in [0.3, 0.4) is 0 Å². The highest BCUT2D eigenvalue weighted by molar-refractivity contribution is 6.04. The second-order valence-corrected chi connectivity index (χ2v) is 4.16. The summed E-state index contributed by atoms with van der Waals surface area (Å²) in [5.74, 6) is -0.326. The third-order valence-electron chi connectivity index (χ3n) is 2.56. The zero-order valence-corrected chi connectivity index (χ0v) is 10.6. The summed E-state index contributed by atoms with van der Waals surface area (Å²) in [5.41, 5.74) is 5.75. The molecule has 1 aromatic heterocycles. The molecule has 0 aromatic carbocycles. The number of nitrogen functional groups attached to an aromatic ring is 1. The van der Waals surface area contributed by atoms with Gasteiger partial charge in [0.25, 0.3) is 5.91 Å². The summed E-state index contributed by atoms with van der Waals surface area (Å²) in [6.07, 6.45) is 5.80. The lowest BCUT2D eigenvalue weighted by Gasteiger charge is -2.04. The minimum atomic E-state index is -0.428. The maximum atomic E-state index is 11.6. The Hall–Kier alpha value is -1.91. The minimum absolute atomic E-state index is 0.243. The van der Waals surface area contributed by atoms with Crippen LogP contribution in [0.2, 0.25) is 0 Å². The SMILES string of the molecule is CCCCCCC(=O)NC(=O)c1ccc(N)nc1. The number of anilines is 1. The maximum Gasteiger partial charge on any atom is 0.259 e. The van der Waals surface area contributed by atoms with Crippen LogP contribution in [0.25, 0.3) is 0 Å². The van der Waals surface area contributed by atoms with Gasteiger partial charge in [0.2, 0.25) is 5.91 Å². The first-order valence-corrected chi connectivity index (χ1v) is 6.19. The van der Waals surface area contributed by atoms with Crippen LogP contribution < -0.4 is 11.1 Å². The number of pyridine rings is 1. The van der Waals surface area contributed by atoms with E-state index in [0.717, 1.165) is 25.7 Å². The van der Waals surface area contributed by atoms with Crippen LogP contribution in [0.1, 0.15) is 49.4 Å². The van der Waals surface area contributed by atoms with Gasteiger partial charge in [-0.3, -0.25) is 14.9 Å². The van der Waals surface area contributed by atoms with E-state index in [9.17, 15) is 9.59 Å². The van der Waals surface area contributed by atoms with Crippen molar-refractivity contribution in [1.29, 1.82) is 0 Å². The molecule has 1 aromatic rings. The largest absolute Gasteiger partial charge is 0.384 e. The lowest BCUT2D eigenvalue weighted by atomic mass is 10.1.